The van der Waals surface area contributed by atoms with Gasteiger partial charge in [0.1, 0.15) is 11.6 Å². The van der Waals surface area contributed by atoms with E-state index in [0.717, 1.165) is 12.5 Å². The highest BCUT2D eigenvalue weighted by Gasteiger charge is 2.09. The zero-order valence-electron chi connectivity index (χ0n) is 9.53. The minimum absolute atomic E-state index is 0.0648. The molecular formula is C11H15FN2O2S. The van der Waals surface area contributed by atoms with Crippen molar-refractivity contribution in [3.63, 3.8) is 0 Å². The van der Waals surface area contributed by atoms with Crippen molar-refractivity contribution in [2.24, 2.45) is 0 Å². The Morgan fingerprint density at radius 2 is 2.24 bits per heavy atom. The predicted molar refractivity (Wildman–Crippen MR) is 67.6 cm³/mol. The van der Waals surface area contributed by atoms with Gasteiger partial charge in [0, 0.05) is 16.6 Å². The Kier molecular flexibility index (Phi) is 5.09. The van der Waals surface area contributed by atoms with Crippen LogP contribution in [0.15, 0.2) is 18.2 Å². The van der Waals surface area contributed by atoms with Gasteiger partial charge in [-0.1, -0.05) is 6.92 Å². The molecule has 0 saturated carbocycles. The average molecular weight is 258 g/mol. The first-order valence-electron chi connectivity index (χ1n) is 5.22. The summed E-state index contributed by atoms with van der Waals surface area (Å²) < 4.78 is 24.1. The molecule has 94 valence electrons. The third kappa shape index (κ3) is 4.52. The highest BCUT2D eigenvalue weighted by molar-refractivity contribution is 7.85. The van der Waals surface area contributed by atoms with Crippen molar-refractivity contribution in [3.05, 3.63) is 24.0 Å². The van der Waals surface area contributed by atoms with E-state index in [4.69, 9.17) is 5.73 Å². The molecule has 0 aromatic heterocycles. The fourth-order valence-electron chi connectivity index (χ4n) is 1.28. The van der Waals surface area contributed by atoms with Crippen LogP contribution < -0.4 is 11.1 Å². The maximum atomic E-state index is 12.8. The number of carbonyl (C=O) groups excluding carboxylic acids is 1. The maximum absolute atomic E-state index is 12.8. The van der Waals surface area contributed by atoms with Gasteiger partial charge >= 0.3 is 0 Å². The molecule has 0 aliphatic rings. The van der Waals surface area contributed by atoms with Gasteiger partial charge in [-0.25, -0.2) is 4.39 Å². The Labute approximate surface area is 102 Å². The Hall–Kier alpha value is -1.43. The van der Waals surface area contributed by atoms with E-state index < -0.39 is 16.6 Å². The number of hydrogen-bond donors (Lipinski definition) is 2. The van der Waals surface area contributed by atoms with Crippen molar-refractivity contribution >= 4 is 28.1 Å². The smallest absolute Gasteiger partial charge is 0.237 e. The van der Waals surface area contributed by atoms with Crippen LogP contribution in [0.2, 0.25) is 0 Å². The van der Waals surface area contributed by atoms with Crippen LogP contribution in [0.5, 0.6) is 0 Å². The zero-order valence-corrected chi connectivity index (χ0v) is 10.3. The second-order valence-electron chi connectivity index (χ2n) is 3.57. The van der Waals surface area contributed by atoms with Gasteiger partial charge in [0.05, 0.1) is 11.4 Å². The third-order valence-electron chi connectivity index (χ3n) is 2.01. The van der Waals surface area contributed by atoms with Crippen molar-refractivity contribution in [1.82, 2.24) is 0 Å². The Balaban J connectivity index is 2.59. The van der Waals surface area contributed by atoms with Crippen molar-refractivity contribution in [2.75, 3.05) is 22.6 Å². The molecule has 0 aliphatic carbocycles. The van der Waals surface area contributed by atoms with Gasteiger partial charge in [0.15, 0.2) is 0 Å². The predicted octanol–water partition coefficient (Wildman–Crippen LogP) is 1.51. The molecule has 17 heavy (non-hydrogen) atoms. The normalized spacial score (nSPS) is 12.1. The molecule has 1 rings (SSSR count). The summed E-state index contributed by atoms with van der Waals surface area (Å²) in [5.74, 6) is -0.415. The lowest BCUT2D eigenvalue weighted by molar-refractivity contribution is -0.113. The molecule has 1 atom stereocenters. The molecule has 0 heterocycles. The van der Waals surface area contributed by atoms with Crippen molar-refractivity contribution in [2.45, 2.75) is 13.3 Å². The fourth-order valence-corrected chi connectivity index (χ4v) is 2.24. The summed E-state index contributed by atoms with van der Waals surface area (Å²) in [6.45, 7) is 1.90. The van der Waals surface area contributed by atoms with Crippen LogP contribution in [0, 0.1) is 5.82 Å². The van der Waals surface area contributed by atoms with Crippen LogP contribution in [0.4, 0.5) is 15.8 Å². The van der Waals surface area contributed by atoms with Gasteiger partial charge in [-0.3, -0.25) is 9.00 Å². The number of anilines is 2. The van der Waals surface area contributed by atoms with Crippen LogP contribution >= 0.6 is 0 Å². The van der Waals surface area contributed by atoms with Crippen molar-refractivity contribution < 1.29 is 13.4 Å². The van der Waals surface area contributed by atoms with Crippen LogP contribution in [0.1, 0.15) is 13.3 Å². The third-order valence-corrected chi connectivity index (χ3v) is 3.46. The van der Waals surface area contributed by atoms with Crippen LogP contribution in [-0.2, 0) is 15.6 Å². The number of hydrogen-bond acceptors (Lipinski definition) is 3. The number of nitrogens with one attached hydrogen (secondary N) is 1. The summed E-state index contributed by atoms with van der Waals surface area (Å²) >= 11 is 0. The molecule has 0 radical (unpaired) electrons. The fraction of sp³-hybridized carbons (Fsp3) is 0.364. The zero-order chi connectivity index (χ0) is 12.8. The molecular weight excluding hydrogens is 243 g/mol. The van der Waals surface area contributed by atoms with E-state index in [9.17, 15) is 13.4 Å². The minimum Gasteiger partial charge on any atom is -0.397 e. The largest absolute Gasteiger partial charge is 0.397 e. The van der Waals surface area contributed by atoms with E-state index in [1.807, 2.05) is 6.92 Å². The van der Waals surface area contributed by atoms with Gasteiger partial charge in [-0.15, -0.1) is 0 Å². The summed E-state index contributed by atoms with van der Waals surface area (Å²) in [7, 11) is -1.16. The molecule has 4 nitrogen and oxygen atoms in total. The van der Waals surface area contributed by atoms with E-state index in [2.05, 4.69) is 5.32 Å². The second-order valence-corrected chi connectivity index (χ2v) is 5.14. The monoisotopic (exact) mass is 258 g/mol. The number of benzene rings is 1. The van der Waals surface area contributed by atoms with Gasteiger partial charge in [-0.05, 0) is 24.6 Å². The second kappa shape index (κ2) is 6.34. The highest BCUT2D eigenvalue weighted by Crippen LogP contribution is 2.18. The van der Waals surface area contributed by atoms with E-state index in [1.54, 1.807) is 0 Å². The first kappa shape index (κ1) is 13.6. The molecule has 0 spiro atoms. The number of carbonyl (C=O) groups is 1. The highest BCUT2D eigenvalue weighted by atomic mass is 32.2. The van der Waals surface area contributed by atoms with Gasteiger partial charge in [0.2, 0.25) is 5.91 Å². The lowest BCUT2D eigenvalue weighted by Crippen LogP contribution is -2.21. The topological polar surface area (TPSA) is 72.2 Å². The van der Waals surface area contributed by atoms with Gasteiger partial charge in [0.25, 0.3) is 0 Å². The summed E-state index contributed by atoms with van der Waals surface area (Å²) in [5, 5.41) is 2.50. The van der Waals surface area contributed by atoms with Crippen LogP contribution in [0.3, 0.4) is 0 Å². The van der Waals surface area contributed by atoms with Crippen LogP contribution in [0.25, 0.3) is 0 Å². The van der Waals surface area contributed by atoms with Crippen molar-refractivity contribution in [1.29, 1.82) is 0 Å². The standard InChI is InChI=1S/C11H15FN2O2S/c1-2-5-17(16)7-11(15)14-10-4-3-8(12)6-9(10)13/h3-4,6H,2,5,7,13H2,1H3,(H,14,15). The molecule has 0 fully saturated rings. The summed E-state index contributed by atoms with van der Waals surface area (Å²) in [5.41, 5.74) is 6.02. The van der Waals surface area contributed by atoms with E-state index in [-0.39, 0.29) is 17.3 Å². The molecule has 1 aromatic rings. The Morgan fingerprint density at radius 3 is 2.82 bits per heavy atom. The Morgan fingerprint density at radius 1 is 1.53 bits per heavy atom. The lowest BCUT2D eigenvalue weighted by atomic mass is 10.2. The molecule has 0 bridgehead atoms. The van der Waals surface area contributed by atoms with Crippen molar-refractivity contribution in [3.8, 4) is 0 Å². The molecule has 0 saturated heterocycles. The number of rotatable bonds is 5. The molecule has 1 amide bonds. The Bertz CT molecular complexity index is 437. The lowest BCUT2D eigenvalue weighted by Gasteiger charge is -2.07. The summed E-state index contributed by atoms with van der Waals surface area (Å²) in [6, 6.07) is 3.71. The first-order chi connectivity index (χ1) is 8.02. The molecule has 3 N–H and O–H groups in total. The molecule has 1 unspecified atom stereocenters. The molecule has 6 heteroatoms. The minimum atomic E-state index is -1.16. The van der Waals surface area contributed by atoms with E-state index in [0.29, 0.717) is 11.4 Å². The summed E-state index contributed by atoms with van der Waals surface area (Å²) in [6.07, 6.45) is 0.762. The van der Waals surface area contributed by atoms with Crippen LogP contribution in [-0.4, -0.2) is 21.6 Å². The maximum Gasteiger partial charge on any atom is 0.237 e. The average Bonchev–Trinajstić information content (AvgIpc) is 2.22. The van der Waals surface area contributed by atoms with Gasteiger partial charge < -0.3 is 11.1 Å². The quantitative estimate of drug-likeness (QED) is 0.786. The number of halogens is 1. The number of nitrogens with two attached hydrogens (primary N) is 1. The first-order valence-corrected chi connectivity index (χ1v) is 6.71. The molecule has 1 aromatic carbocycles. The number of amides is 1. The molecule has 0 aliphatic heterocycles. The van der Waals surface area contributed by atoms with E-state index in [1.165, 1.54) is 12.1 Å². The number of nitrogen functional groups attached to an aromatic ring is 1. The SMILES string of the molecule is CCCS(=O)CC(=O)Nc1ccc(F)cc1N. The van der Waals surface area contributed by atoms with Gasteiger partial charge in [-0.2, -0.15) is 0 Å². The summed E-state index contributed by atoms with van der Waals surface area (Å²) in [4.78, 5) is 11.5. The van der Waals surface area contributed by atoms with E-state index >= 15 is 0 Å².